The Hall–Kier alpha value is -2.93. The predicted molar refractivity (Wildman–Crippen MR) is 110 cm³/mol. The van der Waals surface area contributed by atoms with Gasteiger partial charge in [0.15, 0.2) is 11.5 Å². The molecule has 0 spiro atoms. The average Bonchev–Trinajstić information content (AvgIpc) is 3.22. The van der Waals surface area contributed by atoms with Crippen molar-refractivity contribution in [3.63, 3.8) is 0 Å². The number of hydrogen-bond acceptors (Lipinski definition) is 6. The molecule has 146 valence electrons. The zero-order valence-corrected chi connectivity index (χ0v) is 16.8. The van der Waals surface area contributed by atoms with Gasteiger partial charge in [-0.1, -0.05) is 12.1 Å². The summed E-state index contributed by atoms with van der Waals surface area (Å²) in [5, 5.41) is 5.82. The van der Waals surface area contributed by atoms with Gasteiger partial charge in [-0.05, 0) is 42.7 Å². The number of methoxy groups -OCH3 is 2. The summed E-state index contributed by atoms with van der Waals surface area (Å²) in [6.45, 7) is 0.574. The first-order valence-corrected chi connectivity index (χ1v) is 9.91. The van der Waals surface area contributed by atoms with Crippen molar-refractivity contribution in [2.45, 2.75) is 19.3 Å². The first-order valence-electron chi connectivity index (χ1n) is 9.03. The van der Waals surface area contributed by atoms with Crippen molar-refractivity contribution in [3.8, 4) is 22.2 Å². The molecule has 28 heavy (non-hydrogen) atoms. The Labute approximate surface area is 168 Å². The molecule has 3 rings (SSSR count). The van der Waals surface area contributed by atoms with Gasteiger partial charge in [0.1, 0.15) is 5.01 Å². The summed E-state index contributed by atoms with van der Waals surface area (Å²) in [6, 6.07) is 11.5. The molecule has 2 heterocycles. The van der Waals surface area contributed by atoms with Gasteiger partial charge in [-0.3, -0.25) is 9.78 Å². The maximum Gasteiger partial charge on any atom is 0.220 e. The van der Waals surface area contributed by atoms with Gasteiger partial charge in [-0.15, -0.1) is 11.3 Å². The van der Waals surface area contributed by atoms with E-state index >= 15 is 0 Å². The number of nitrogens with zero attached hydrogens (tertiary/aromatic N) is 2. The lowest BCUT2D eigenvalue weighted by Gasteiger charge is -2.10. The van der Waals surface area contributed by atoms with Gasteiger partial charge < -0.3 is 14.8 Å². The summed E-state index contributed by atoms with van der Waals surface area (Å²) in [4.78, 5) is 21.0. The highest BCUT2D eigenvalue weighted by atomic mass is 32.1. The van der Waals surface area contributed by atoms with E-state index in [2.05, 4.69) is 15.3 Å². The van der Waals surface area contributed by atoms with Gasteiger partial charge >= 0.3 is 0 Å². The molecule has 0 aliphatic carbocycles. The third kappa shape index (κ3) is 5.29. The van der Waals surface area contributed by atoms with Crippen LogP contribution in [0.2, 0.25) is 0 Å². The fourth-order valence-corrected chi connectivity index (χ4v) is 3.57. The summed E-state index contributed by atoms with van der Waals surface area (Å²) < 4.78 is 10.5. The van der Waals surface area contributed by atoms with E-state index in [0.29, 0.717) is 30.9 Å². The van der Waals surface area contributed by atoms with E-state index in [-0.39, 0.29) is 5.91 Å². The molecule has 0 aliphatic rings. The minimum atomic E-state index is 0.0212. The van der Waals surface area contributed by atoms with Crippen molar-refractivity contribution >= 4 is 17.2 Å². The Kier molecular flexibility index (Phi) is 6.97. The second kappa shape index (κ2) is 9.85. The molecule has 1 amide bonds. The summed E-state index contributed by atoms with van der Waals surface area (Å²) in [5.41, 5.74) is 2.86. The minimum Gasteiger partial charge on any atom is -0.493 e. The minimum absolute atomic E-state index is 0.0212. The molecule has 0 aliphatic heterocycles. The van der Waals surface area contributed by atoms with Crippen LogP contribution in [0.15, 0.2) is 48.0 Å². The van der Waals surface area contributed by atoms with Crippen LogP contribution in [0, 0.1) is 0 Å². The Morgan fingerprint density at radius 1 is 1.11 bits per heavy atom. The van der Waals surface area contributed by atoms with Crippen LogP contribution in [0.3, 0.4) is 0 Å². The van der Waals surface area contributed by atoms with Crippen LogP contribution >= 0.6 is 11.3 Å². The lowest BCUT2D eigenvalue weighted by molar-refractivity contribution is -0.121. The van der Waals surface area contributed by atoms with E-state index < -0.39 is 0 Å². The molecule has 6 nitrogen and oxygen atoms in total. The second-order valence-electron chi connectivity index (χ2n) is 6.15. The molecule has 2 aromatic heterocycles. The number of aromatic nitrogens is 2. The topological polar surface area (TPSA) is 73.3 Å². The second-order valence-corrected chi connectivity index (χ2v) is 7.01. The van der Waals surface area contributed by atoms with E-state index in [1.165, 1.54) is 0 Å². The van der Waals surface area contributed by atoms with E-state index in [1.807, 2.05) is 41.8 Å². The maximum absolute atomic E-state index is 12.1. The van der Waals surface area contributed by atoms with E-state index in [0.717, 1.165) is 28.4 Å². The molecule has 0 unspecified atom stereocenters. The van der Waals surface area contributed by atoms with Crippen LogP contribution in [0.5, 0.6) is 11.5 Å². The van der Waals surface area contributed by atoms with Crippen molar-refractivity contribution < 1.29 is 14.3 Å². The highest BCUT2D eigenvalue weighted by Crippen LogP contribution is 2.27. The predicted octanol–water partition coefficient (Wildman–Crippen LogP) is 3.51. The molecule has 0 saturated heterocycles. The van der Waals surface area contributed by atoms with Crippen LogP contribution in [-0.4, -0.2) is 36.6 Å². The van der Waals surface area contributed by atoms with Crippen molar-refractivity contribution in [2.24, 2.45) is 0 Å². The molecular formula is C21H23N3O3S. The van der Waals surface area contributed by atoms with E-state index in [1.54, 1.807) is 31.8 Å². The number of amides is 1. The van der Waals surface area contributed by atoms with Crippen LogP contribution in [-0.2, 0) is 17.6 Å². The van der Waals surface area contributed by atoms with Gasteiger partial charge in [0.25, 0.3) is 0 Å². The largest absolute Gasteiger partial charge is 0.493 e. The molecule has 0 atom stereocenters. The quantitative estimate of drug-likeness (QED) is 0.598. The molecule has 0 fully saturated rings. The summed E-state index contributed by atoms with van der Waals surface area (Å²) in [7, 11) is 3.22. The van der Waals surface area contributed by atoms with Crippen molar-refractivity contribution in [1.29, 1.82) is 0 Å². The van der Waals surface area contributed by atoms with E-state index in [9.17, 15) is 4.79 Å². The lowest BCUT2D eigenvalue weighted by Crippen LogP contribution is -2.25. The lowest BCUT2D eigenvalue weighted by atomic mass is 10.1. The Balaban J connectivity index is 1.43. The SMILES string of the molecule is COc1ccc(CCNC(=O)CCc2csc(-c3ccccn3)n2)cc1OC. The van der Waals surface area contributed by atoms with Crippen LogP contribution in [0.4, 0.5) is 0 Å². The van der Waals surface area contributed by atoms with Crippen LogP contribution in [0.1, 0.15) is 17.7 Å². The maximum atomic E-state index is 12.1. The number of rotatable bonds is 9. The van der Waals surface area contributed by atoms with Crippen LogP contribution < -0.4 is 14.8 Å². The molecule has 1 aromatic carbocycles. The number of nitrogens with one attached hydrogen (secondary N) is 1. The van der Waals surface area contributed by atoms with Crippen LogP contribution in [0.25, 0.3) is 10.7 Å². The number of benzene rings is 1. The van der Waals surface area contributed by atoms with Crippen molar-refractivity contribution in [2.75, 3.05) is 20.8 Å². The first kappa shape index (κ1) is 19.8. The standard InChI is InChI=1S/C21H23N3O3S/c1-26-18-8-6-15(13-19(18)27-2)10-12-23-20(25)9-7-16-14-28-21(24-16)17-5-3-4-11-22-17/h3-6,8,11,13-14H,7,9-10,12H2,1-2H3,(H,23,25). The number of hydrogen-bond donors (Lipinski definition) is 1. The van der Waals surface area contributed by atoms with Crippen molar-refractivity contribution in [1.82, 2.24) is 15.3 Å². The molecule has 0 bridgehead atoms. The van der Waals surface area contributed by atoms with Gasteiger partial charge in [0, 0.05) is 24.5 Å². The number of carbonyl (C=O) groups is 1. The molecule has 7 heteroatoms. The third-order valence-corrected chi connectivity index (χ3v) is 5.14. The summed E-state index contributed by atoms with van der Waals surface area (Å²) in [5.74, 6) is 1.41. The van der Waals surface area contributed by atoms with Crippen molar-refractivity contribution in [3.05, 3.63) is 59.2 Å². The van der Waals surface area contributed by atoms with Gasteiger partial charge in [0.2, 0.25) is 5.91 Å². The molecular weight excluding hydrogens is 374 g/mol. The Morgan fingerprint density at radius 2 is 1.96 bits per heavy atom. The number of ether oxygens (including phenoxy) is 2. The molecule has 1 N–H and O–H groups in total. The molecule has 3 aromatic rings. The number of carbonyl (C=O) groups excluding carboxylic acids is 1. The van der Waals surface area contributed by atoms with Gasteiger partial charge in [0.05, 0.1) is 25.6 Å². The summed E-state index contributed by atoms with van der Waals surface area (Å²) >= 11 is 1.55. The Morgan fingerprint density at radius 3 is 2.71 bits per heavy atom. The zero-order chi connectivity index (χ0) is 19.8. The Bertz CT molecular complexity index is 912. The van der Waals surface area contributed by atoms with Gasteiger partial charge in [-0.2, -0.15) is 0 Å². The normalized spacial score (nSPS) is 10.5. The fourth-order valence-electron chi connectivity index (χ4n) is 2.74. The molecule has 0 saturated carbocycles. The molecule has 0 radical (unpaired) electrons. The van der Waals surface area contributed by atoms with Gasteiger partial charge in [-0.25, -0.2) is 4.98 Å². The zero-order valence-electron chi connectivity index (χ0n) is 16.0. The highest BCUT2D eigenvalue weighted by molar-refractivity contribution is 7.13. The monoisotopic (exact) mass is 397 g/mol. The first-order chi connectivity index (χ1) is 13.7. The third-order valence-electron chi connectivity index (χ3n) is 4.23. The average molecular weight is 398 g/mol. The highest BCUT2D eigenvalue weighted by Gasteiger charge is 2.09. The smallest absolute Gasteiger partial charge is 0.220 e. The fraction of sp³-hybridized carbons (Fsp3) is 0.286. The summed E-state index contributed by atoms with van der Waals surface area (Å²) in [6.07, 6.45) is 3.51. The number of pyridine rings is 1. The number of thiazole rings is 1. The number of aryl methyl sites for hydroxylation is 1. The van der Waals surface area contributed by atoms with E-state index in [4.69, 9.17) is 9.47 Å².